The van der Waals surface area contributed by atoms with Gasteiger partial charge in [0.15, 0.2) is 0 Å². The van der Waals surface area contributed by atoms with Gasteiger partial charge >= 0.3 is 0 Å². The molecule has 0 saturated heterocycles. The van der Waals surface area contributed by atoms with Crippen LogP contribution >= 0.6 is 0 Å². The van der Waals surface area contributed by atoms with Crippen LogP contribution in [0.4, 0.5) is 0 Å². The summed E-state index contributed by atoms with van der Waals surface area (Å²) in [6, 6.07) is -21.6. The zero-order chi connectivity index (χ0) is 50.1. The van der Waals surface area contributed by atoms with Crippen LogP contribution in [-0.2, 0) is 0 Å². The summed E-state index contributed by atoms with van der Waals surface area (Å²) < 4.78 is 230. The molecule has 8 aromatic carbocycles. The number of benzene rings is 8. The van der Waals surface area contributed by atoms with Crippen molar-refractivity contribution in [2.45, 2.75) is 0 Å². The van der Waals surface area contributed by atoms with Gasteiger partial charge in [-0.2, -0.15) is 0 Å². The fraction of sp³-hybridized carbons (Fsp3) is 0. The highest BCUT2D eigenvalue weighted by atomic mass is 16.5. The zero-order valence-electron chi connectivity index (χ0n) is 46.5. The molecule has 0 spiro atoms. The highest BCUT2D eigenvalue weighted by Gasteiger charge is 2.24. The van der Waals surface area contributed by atoms with Gasteiger partial charge in [0.1, 0.15) is 11.5 Å². The van der Waals surface area contributed by atoms with Crippen LogP contribution in [0.5, 0.6) is 11.5 Å². The lowest BCUT2D eigenvalue weighted by atomic mass is 9.82. The van der Waals surface area contributed by atoms with Gasteiger partial charge < -0.3 is 4.74 Å². The Kier molecular flexibility index (Phi) is 2.19. The van der Waals surface area contributed by atoms with E-state index in [1.165, 1.54) is 0 Å². The van der Waals surface area contributed by atoms with Crippen LogP contribution in [0, 0.1) is 0 Å². The number of hydrogen-bond acceptors (Lipinski definition) is 1. The average molecular weight is 572 g/mol. The minimum Gasteiger partial charge on any atom is -0.456 e. The summed E-state index contributed by atoms with van der Waals surface area (Å²) in [5.74, 6) is -0.825. The van der Waals surface area contributed by atoms with Gasteiger partial charge in [-0.15, -0.1) is 0 Å². The molecule has 1 heterocycles. The first-order chi connectivity index (χ1) is 31.7. The molecule has 0 fully saturated rings. The van der Waals surface area contributed by atoms with Crippen LogP contribution in [0.15, 0.2) is 157 Å². The molecule has 0 unspecified atom stereocenters. The summed E-state index contributed by atoms with van der Waals surface area (Å²) in [5.41, 5.74) is -5.22. The lowest BCUT2D eigenvalue weighted by Gasteiger charge is -2.24. The second kappa shape index (κ2) is 9.44. The van der Waals surface area contributed by atoms with E-state index < -0.39 is 217 Å². The zero-order valence-corrected chi connectivity index (χ0v) is 21.5. The van der Waals surface area contributed by atoms with Crippen molar-refractivity contribution in [2.24, 2.45) is 0 Å². The highest BCUT2D eigenvalue weighted by Crippen LogP contribution is 2.51. The molecule has 200 valence electrons. The van der Waals surface area contributed by atoms with Crippen LogP contribution < -0.4 is 4.74 Å². The molecule has 0 radical (unpaired) electrons. The minimum atomic E-state index is -1.04. The van der Waals surface area contributed by atoms with Gasteiger partial charge in [0.25, 0.3) is 0 Å². The molecule has 0 saturated carbocycles. The summed E-state index contributed by atoms with van der Waals surface area (Å²) in [7, 11) is 0. The van der Waals surface area contributed by atoms with Gasteiger partial charge in [0.05, 0.1) is 34.3 Å². The van der Waals surface area contributed by atoms with Crippen LogP contribution in [0.1, 0.15) is 34.3 Å². The van der Waals surface area contributed by atoms with E-state index in [-0.39, 0.29) is 22.3 Å². The smallest absolute Gasteiger partial charge is 0.135 e. The van der Waals surface area contributed by atoms with E-state index in [1.54, 1.807) is 0 Å². The third-order valence-electron chi connectivity index (χ3n) is 7.14. The number of para-hydroxylation sites is 1. The fourth-order valence-electron chi connectivity index (χ4n) is 5.41. The minimum absolute atomic E-state index is 0.304. The summed E-state index contributed by atoms with van der Waals surface area (Å²) in [6.07, 6.45) is 0. The monoisotopic (exact) mass is 571 g/mol. The molecule has 8 aromatic rings. The standard InChI is InChI=1S/C42H26O/c1-2-13-27(14-3-1)28-15-4-5-17-30(28)40-31-18-6-8-20-33(31)41(34-21-9-7-19-32(34)40)37-26-25-36-29-16-10-11-23-38(29)43-39-24-12-22-35(37)42(36)39/h1-26H/i1D,2D,3D,4D,5D,6D,7D,8D,9D,10D,11D,12D,13D,14D,15D,16D,17D,18D,19D,20D,21D,22D,24D,25D,26D. The predicted octanol–water partition coefficient (Wildman–Crippen LogP) is 11.9. The van der Waals surface area contributed by atoms with Crippen molar-refractivity contribution in [1.29, 1.82) is 0 Å². The third kappa shape index (κ3) is 3.58. The van der Waals surface area contributed by atoms with E-state index in [2.05, 4.69) is 0 Å². The van der Waals surface area contributed by atoms with Crippen molar-refractivity contribution in [3.63, 3.8) is 0 Å². The molecule has 1 aliphatic rings. The van der Waals surface area contributed by atoms with Crippen molar-refractivity contribution in [3.05, 3.63) is 157 Å². The maximum Gasteiger partial charge on any atom is 0.135 e. The van der Waals surface area contributed by atoms with Crippen molar-refractivity contribution in [3.8, 4) is 56.0 Å². The largest absolute Gasteiger partial charge is 0.456 e. The van der Waals surface area contributed by atoms with Gasteiger partial charge in [0.2, 0.25) is 0 Å². The molecular formula is C42H26O. The van der Waals surface area contributed by atoms with Crippen LogP contribution in [0.2, 0.25) is 0 Å². The van der Waals surface area contributed by atoms with Crippen molar-refractivity contribution >= 4 is 32.3 Å². The second-order valence-electron chi connectivity index (χ2n) is 9.33. The maximum atomic E-state index is 9.71. The molecule has 0 N–H and O–H groups in total. The Morgan fingerprint density at radius 2 is 0.884 bits per heavy atom. The summed E-state index contributed by atoms with van der Waals surface area (Å²) in [6.45, 7) is 0. The summed E-state index contributed by atoms with van der Waals surface area (Å²) in [5, 5.41) is -3.86. The number of fused-ring (bicyclic) bond motifs is 4. The topological polar surface area (TPSA) is 9.23 Å². The van der Waals surface area contributed by atoms with Gasteiger partial charge in [-0.1, -0.05) is 145 Å². The quantitative estimate of drug-likeness (QED) is 0.192. The van der Waals surface area contributed by atoms with E-state index in [4.69, 9.17) is 28.0 Å². The molecule has 0 aromatic heterocycles. The SMILES string of the molecule is [2H]c1cc2c(c([2H])c1[2H])-c1c([2H])c([2H])c(-c3c4c([2H])c([2H])c([2H])c([2H])c4c(-c4c([2H])c([2H])c([2H])c([2H])c4-c4c([2H])c([2H])c([2H])c([2H])c4[2H])c4c([2H])c([2H])c([2H])c([2H])c34)c3c([2H])c([2H])c([2H])c(c13)O2. The van der Waals surface area contributed by atoms with Gasteiger partial charge in [0, 0.05) is 10.9 Å². The number of ether oxygens (including phenoxy) is 1. The lowest BCUT2D eigenvalue weighted by molar-refractivity contribution is 0.487. The number of rotatable bonds is 3. The Hall–Kier alpha value is -5.66. The molecule has 43 heavy (non-hydrogen) atoms. The van der Waals surface area contributed by atoms with Crippen molar-refractivity contribution in [2.75, 3.05) is 0 Å². The molecular weight excluding hydrogens is 520 g/mol. The van der Waals surface area contributed by atoms with E-state index in [0.29, 0.717) is 0 Å². The van der Waals surface area contributed by atoms with Crippen LogP contribution in [-0.4, -0.2) is 0 Å². The molecule has 1 heteroatoms. The molecule has 1 aliphatic heterocycles. The van der Waals surface area contributed by atoms with Gasteiger partial charge in [-0.25, -0.2) is 0 Å². The predicted molar refractivity (Wildman–Crippen MR) is 181 cm³/mol. The Morgan fingerprint density at radius 1 is 0.349 bits per heavy atom. The van der Waals surface area contributed by atoms with E-state index in [9.17, 15) is 11.0 Å². The van der Waals surface area contributed by atoms with Gasteiger partial charge in [-0.3, -0.25) is 0 Å². The average Bonchev–Trinajstić information content (AvgIpc) is 3.31. The third-order valence-corrected chi connectivity index (χ3v) is 7.14. The van der Waals surface area contributed by atoms with Crippen LogP contribution in [0.3, 0.4) is 0 Å². The molecule has 0 bridgehead atoms. The Labute approximate surface area is 285 Å². The Bertz CT molecular complexity index is 3660. The first kappa shape index (κ1) is 9.97. The van der Waals surface area contributed by atoms with Crippen LogP contribution in [0.25, 0.3) is 76.8 Å². The normalized spacial score (nSPS) is 20.0. The van der Waals surface area contributed by atoms with Gasteiger partial charge in [-0.05, 0) is 78.0 Å². The Balaban J connectivity index is 1.67. The molecule has 0 atom stereocenters. The molecule has 0 amide bonds. The van der Waals surface area contributed by atoms with Crippen molar-refractivity contribution < 1.29 is 39.0 Å². The number of hydrogen-bond donors (Lipinski definition) is 0. The fourth-order valence-corrected chi connectivity index (χ4v) is 5.41. The first-order valence-corrected chi connectivity index (χ1v) is 12.7. The maximum absolute atomic E-state index is 9.71. The first-order valence-electron chi connectivity index (χ1n) is 25.2. The summed E-state index contributed by atoms with van der Waals surface area (Å²) in [4.78, 5) is 0. The van der Waals surface area contributed by atoms with E-state index >= 15 is 0 Å². The molecule has 1 nitrogen and oxygen atoms in total. The summed E-state index contributed by atoms with van der Waals surface area (Å²) >= 11 is 0. The highest BCUT2D eigenvalue weighted by molar-refractivity contribution is 6.25. The second-order valence-corrected chi connectivity index (χ2v) is 9.33. The lowest BCUT2D eigenvalue weighted by Crippen LogP contribution is -1.98. The molecule has 0 aliphatic carbocycles. The Morgan fingerprint density at radius 3 is 1.60 bits per heavy atom. The van der Waals surface area contributed by atoms with E-state index in [1.807, 2.05) is 0 Å². The van der Waals surface area contributed by atoms with Crippen molar-refractivity contribution in [1.82, 2.24) is 0 Å². The van der Waals surface area contributed by atoms with E-state index in [0.717, 1.165) is 6.07 Å². The molecule has 9 rings (SSSR count).